The minimum absolute atomic E-state index is 0.0145. The molecule has 2 aliphatic heterocycles. The molecule has 812 valence electrons. The number of nitrogens with zero attached hydrogens (tertiary/aromatic N) is 8. The van der Waals surface area contributed by atoms with Crippen molar-refractivity contribution in [2.75, 3.05) is 41.3 Å². The monoisotopic (exact) mass is 2090 g/mol. The number of amides is 10. The number of esters is 4. The molecule has 149 heavy (non-hydrogen) atoms. The molecule has 42 nitrogen and oxygen atoms in total. The van der Waals surface area contributed by atoms with Crippen LogP contribution in [0.3, 0.4) is 0 Å². The lowest BCUT2D eigenvalue weighted by atomic mass is 9.90. The number of hydrogen-bond acceptors (Lipinski definition) is 28. The molecule has 0 aromatic heterocycles. The Kier molecular flexibility index (Phi) is 50.3. The molecule has 0 saturated carbocycles. The van der Waals surface area contributed by atoms with Gasteiger partial charge in [0, 0.05) is 106 Å². The molecule has 16 atom stereocenters. The molecular formula is C106H143ClN14O28. The highest BCUT2D eigenvalue weighted by Gasteiger charge is 2.45. The third-order valence-electron chi connectivity index (χ3n) is 25.3. The maximum Gasteiger partial charge on any atom is 0.514 e. The van der Waals surface area contributed by atoms with Crippen molar-refractivity contribution in [1.29, 1.82) is 0 Å². The second-order valence-corrected chi connectivity index (χ2v) is 39.3. The molecular weight excluding hydrogens is 1950 g/mol. The maximum absolute atomic E-state index is 14.4. The van der Waals surface area contributed by atoms with E-state index in [-0.39, 0.29) is 84.4 Å². The molecule has 4 aromatic carbocycles. The Morgan fingerprint density at radius 2 is 0.859 bits per heavy atom. The standard InChI is InChI=1S/C53H71N7O14.C46H68N6O10.C7H4ClNO4/c1-15-31(5)44-47(63)57-53(10,11)51(67)74-45(32(6)16-2)34(8)41(73-52(68)71-39-24-22-38(23-25-39)60(69)70)26-17-33(7)50(66)72-42(27-30(3)4)46(62)55-35(9)48(64)59(14)40(49(65)58(13)29-43(61)56-44)28-36-18-20-37(54-12)21-19-36;1-15-27(5)38-41(56)50-46(10,11)45(60)62-39(28(6)16-2)30(8)35(53)22-17-29(7)44(59)61-36(23-26(3)4)40(55)48-31(9)42(57)52(14)34(43(58)51(13)25-37(54)49-38)24-32-18-20-33(47-12)21-19-32;8-7(10)13-6-3-1-5(2-4-6)9(11)12/h16-25,30-31,34-35,40-42,44-45H,15,26-29H2,1-11,13-14H3,(H,55,62)(H,56,61)(H,57,63);16-21,26-27,30-31,34-36,38-39,53H,15,22-25H2,1-11,13-14H3,(H,48,55)(H,49,54)(H,50,56);1-4H/b32-16+,33-17+;28-16+,29-17+;/t31?,34-,35-,40+,41-,42+,44-,45+;27?,30-,31-,34+,35-,36+,38-,39+;/m00./s1. The first-order valence-electron chi connectivity index (χ1n) is 48.8. The minimum Gasteiger partial charge on any atom is -0.456 e. The number of aliphatic hydroxyl groups excluding tert-OH is 1. The highest BCUT2D eigenvalue weighted by atomic mass is 35.5. The van der Waals surface area contributed by atoms with Crippen LogP contribution < -0.4 is 41.4 Å². The highest BCUT2D eigenvalue weighted by molar-refractivity contribution is 6.61. The van der Waals surface area contributed by atoms with E-state index in [2.05, 4.69) is 46.3 Å². The smallest absolute Gasteiger partial charge is 0.456 e. The number of rotatable bonds is 19. The summed E-state index contributed by atoms with van der Waals surface area (Å²) in [4.78, 5) is 250. The van der Waals surface area contributed by atoms with Gasteiger partial charge in [0.2, 0.25) is 47.3 Å². The second kappa shape index (κ2) is 59.3. The molecule has 43 heteroatoms. The number of nitro groups is 2. The van der Waals surface area contributed by atoms with Crippen molar-refractivity contribution >= 4 is 129 Å². The second-order valence-electron chi connectivity index (χ2n) is 39.0. The highest BCUT2D eigenvalue weighted by Crippen LogP contribution is 2.32. The maximum atomic E-state index is 14.4. The van der Waals surface area contributed by atoms with Crippen molar-refractivity contribution in [1.82, 2.24) is 51.5 Å². The van der Waals surface area contributed by atoms with Gasteiger partial charge in [0.15, 0.2) is 23.6 Å². The van der Waals surface area contributed by atoms with Crippen LogP contribution in [0.15, 0.2) is 144 Å². The number of halogens is 1. The quantitative estimate of drug-likeness (QED) is 0.00670. The number of cyclic esters (lactones) is 4. The first-order chi connectivity index (χ1) is 69.6. The van der Waals surface area contributed by atoms with E-state index in [0.717, 1.165) is 26.8 Å². The predicted octanol–water partition coefficient (Wildman–Crippen LogP) is 12.8. The van der Waals surface area contributed by atoms with Crippen LogP contribution in [-0.2, 0) is 104 Å². The number of non-ortho nitro benzene ring substituents is 2. The Hall–Kier alpha value is -14.8. The molecule has 6 rings (SSSR count). The molecule has 10 amide bonds. The van der Waals surface area contributed by atoms with Gasteiger partial charge in [0.05, 0.1) is 42.2 Å². The lowest BCUT2D eigenvalue weighted by Crippen LogP contribution is -2.60. The first kappa shape index (κ1) is 126. The largest absolute Gasteiger partial charge is 0.514 e. The first-order valence-corrected chi connectivity index (χ1v) is 49.1. The summed E-state index contributed by atoms with van der Waals surface area (Å²) in [7, 11) is 5.51. The molecule has 0 aliphatic carbocycles. The van der Waals surface area contributed by atoms with E-state index in [0.29, 0.717) is 46.5 Å². The molecule has 0 saturated heterocycles. The van der Waals surface area contributed by atoms with Gasteiger partial charge in [-0.3, -0.25) is 68.2 Å². The number of benzene rings is 4. The van der Waals surface area contributed by atoms with E-state index in [9.17, 15) is 102 Å². The number of nitrogens with one attached hydrogen (secondary N) is 6. The fourth-order valence-electron chi connectivity index (χ4n) is 15.3. The average Bonchev–Trinajstić information content (AvgIpc) is 0.821. The number of nitro benzene ring substituents is 2. The van der Waals surface area contributed by atoms with Gasteiger partial charge < -0.3 is 89.8 Å². The molecule has 7 N–H and O–H groups in total. The van der Waals surface area contributed by atoms with E-state index < -0.39 is 225 Å². The van der Waals surface area contributed by atoms with Crippen LogP contribution in [0, 0.1) is 68.9 Å². The van der Waals surface area contributed by atoms with Crippen LogP contribution in [0.1, 0.15) is 202 Å². The number of allylic oxidation sites excluding steroid dienone is 2. The van der Waals surface area contributed by atoms with Crippen molar-refractivity contribution in [3.8, 4) is 11.5 Å². The fourth-order valence-corrected chi connectivity index (χ4v) is 15.3. The number of carbonyl (C=O) groups excluding carboxylic acids is 16. The van der Waals surface area contributed by atoms with E-state index in [1.807, 2.05) is 20.8 Å². The van der Waals surface area contributed by atoms with Gasteiger partial charge in [-0.05, 0) is 173 Å². The molecule has 4 aromatic rings. The van der Waals surface area contributed by atoms with Gasteiger partial charge in [-0.1, -0.05) is 155 Å². The third-order valence-corrected chi connectivity index (χ3v) is 25.3. The van der Waals surface area contributed by atoms with Crippen molar-refractivity contribution in [3.05, 3.63) is 198 Å². The number of hydrogen-bond donors (Lipinski definition) is 7. The van der Waals surface area contributed by atoms with Crippen LogP contribution >= 0.6 is 11.6 Å². The van der Waals surface area contributed by atoms with Crippen LogP contribution in [0.2, 0.25) is 0 Å². The average molecular weight is 2100 g/mol. The van der Waals surface area contributed by atoms with Gasteiger partial charge in [-0.15, -0.1) is 0 Å². The number of aliphatic hydroxyl groups is 1. The number of ether oxygens (including phenoxy) is 7. The molecule has 2 heterocycles. The number of carbonyl (C=O) groups is 16. The lowest BCUT2D eigenvalue weighted by molar-refractivity contribution is -0.385. The molecule has 0 fully saturated rings. The van der Waals surface area contributed by atoms with Gasteiger partial charge in [-0.25, -0.2) is 38.5 Å². The van der Waals surface area contributed by atoms with E-state index in [1.54, 1.807) is 137 Å². The molecule has 2 aliphatic rings. The van der Waals surface area contributed by atoms with Crippen molar-refractivity contribution < 1.29 is 125 Å². The zero-order chi connectivity index (χ0) is 113. The molecule has 0 bridgehead atoms. The van der Waals surface area contributed by atoms with Gasteiger partial charge in [0.25, 0.3) is 23.2 Å². The Bertz CT molecular complexity index is 5630. The summed E-state index contributed by atoms with van der Waals surface area (Å²) in [5.41, 5.74) is -1.51. The van der Waals surface area contributed by atoms with E-state index in [4.69, 9.17) is 53.2 Å². The SMILES string of the molecule is O=C(Cl)Oc1ccc([N+](=O)[O-])cc1.[C-]#[N+]c1ccc(C[C@@H]2C(=O)N(C)CC(=O)N[C@@H](C(C)CC)C(=O)NC(C)(C)C(=O)O[C@H](/C(C)=C/C)[C@@H](C)[C@@H](O)C/C=C(\C)C(=O)O[C@H](CC(C)C)C(=O)N[C@@H](C)C(=O)N2C)cc1.[C-]#[N+]c1ccc(C[C@@H]2C(=O)N(C)CC(=O)N[C@@H](C(C)CC)C(=O)NC(C)(C)C(=O)O[C@H](/C(C)=C/C)[C@@H](C)[C@@H](OC(=O)Oc3ccc([N+](=O)[O-])cc3)C/C=C(\C)C(=O)O[C@H](CC(C)C)C(=O)N[C@@H](C)C(=O)N2C)cc1. The minimum atomic E-state index is -1.74. The predicted molar refractivity (Wildman–Crippen MR) is 551 cm³/mol. The summed E-state index contributed by atoms with van der Waals surface area (Å²) >= 11 is 4.92. The Balaban J connectivity index is 0.000000557. The summed E-state index contributed by atoms with van der Waals surface area (Å²) in [5, 5.41) is 48.9. The summed E-state index contributed by atoms with van der Waals surface area (Å²) in [6.45, 7) is 49.6. The van der Waals surface area contributed by atoms with Gasteiger partial charge in [-0.2, -0.15) is 0 Å². The lowest BCUT2D eigenvalue weighted by Gasteiger charge is -2.35. The van der Waals surface area contributed by atoms with Crippen molar-refractivity contribution in [3.63, 3.8) is 0 Å². The zero-order valence-electron chi connectivity index (χ0n) is 89.4. The van der Waals surface area contributed by atoms with Crippen LogP contribution in [0.5, 0.6) is 11.5 Å². The summed E-state index contributed by atoms with van der Waals surface area (Å²) in [6, 6.07) is 15.3. The van der Waals surface area contributed by atoms with Gasteiger partial charge in [0.1, 0.15) is 77.1 Å². The summed E-state index contributed by atoms with van der Waals surface area (Å²) in [5.74, 6) is -13.1. The fraction of sp³-hybridized carbons (Fsp3) is 0.528. The Morgan fingerprint density at radius 1 is 0.517 bits per heavy atom. The van der Waals surface area contributed by atoms with Gasteiger partial charge >= 0.3 is 35.5 Å². The normalized spacial score (nSPS) is 24.5. The molecule has 0 spiro atoms. The van der Waals surface area contributed by atoms with Crippen LogP contribution in [0.25, 0.3) is 9.69 Å². The van der Waals surface area contributed by atoms with Crippen molar-refractivity contribution in [2.45, 2.75) is 288 Å². The van der Waals surface area contributed by atoms with Crippen LogP contribution in [0.4, 0.5) is 32.3 Å². The Labute approximate surface area is 874 Å². The zero-order valence-corrected chi connectivity index (χ0v) is 90.2. The topological polar surface area (TPSA) is 538 Å². The Morgan fingerprint density at radius 3 is 1.18 bits per heavy atom. The molecule has 2 unspecified atom stereocenters. The summed E-state index contributed by atoms with van der Waals surface area (Å²) < 4.78 is 39.2. The number of likely N-dealkylation sites (N-methyl/N-ethyl adjacent to an activating group) is 4. The van der Waals surface area contributed by atoms with E-state index >= 15 is 0 Å². The summed E-state index contributed by atoms with van der Waals surface area (Å²) in [6.07, 6.45) is -1.34. The van der Waals surface area contributed by atoms with Crippen LogP contribution in [-0.4, -0.2) is 254 Å². The van der Waals surface area contributed by atoms with E-state index in [1.165, 1.54) is 137 Å². The molecule has 0 radical (unpaired) electrons. The third kappa shape index (κ3) is 39.4. The van der Waals surface area contributed by atoms with Crippen molar-refractivity contribution in [2.24, 2.45) is 35.5 Å².